The monoisotopic (exact) mass is 438 g/mol. The van der Waals surface area contributed by atoms with Gasteiger partial charge >= 0.3 is 0 Å². The zero-order valence-electron chi connectivity index (χ0n) is 16.8. The average molecular weight is 439 g/mol. The van der Waals surface area contributed by atoms with Gasteiger partial charge in [-0.05, 0) is 74.2 Å². The van der Waals surface area contributed by atoms with Gasteiger partial charge in [0.15, 0.2) is 0 Å². The van der Waals surface area contributed by atoms with Gasteiger partial charge in [0, 0.05) is 19.1 Å². The first-order chi connectivity index (χ1) is 13.6. The van der Waals surface area contributed by atoms with Crippen molar-refractivity contribution in [2.45, 2.75) is 42.5 Å². The Labute approximate surface area is 172 Å². The Balaban J connectivity index is 1.65. The molecule has 1 aliphatic heterocycles. The molecule has 0 aromatic heterocycles. The van der Waals surface area contributed by atoms with Gasteiger partial charge in [0.05, 0.1) is 16.9 Å². The predicted molar refractivity (Wildman–Crippen MR) is 111 cm³/mol. The van der Waals surface area contributed by atoms with Gasteiger partial charge in [-0.2, -0.15) is 4.31 Å². The summed E-state index contributed by atoms with van der Waals surface area (Å²) in [6, 6.07) is 11.0. The number of nitrogens with zero attached hydrogens (tertiary/aromatic N) is 1. The van der Waals surface area contributed by atoms with E-state index in [0.29, 0.717) is 18.6 Å². The van der Waals surface area contributed by atoms with Gasteiger partial charge in [-0.25, -0.2) is 21.6 Å². The van der Waals surface area contributed by atoms with Crippen LogP contribution < -0.4 is 9.46 Å². The summed E-state index contributed by atoms with van der Waals surface area (Å²) in [4.78, 5) is 0.432. The molecule has 1 aliphatic rings. The van der Waals surface area contributed by atoms with Crippen molar-refractivity contribution < 1.29 is 21.6 Å². The highest BCUT2D eigenvalue weighted by Gasteiger charge is 2.31. The summed E-state index contributed by atoms with van der Waals surface area (Å²) in [7, 11) is -5.74. The molecule has 1 fully saturated rings. The lowest BCUT2D eigenvalue weighted by atomic mass is 10.1. The molecule has 0 radical (unpaired) electrons. The molecule has 1 saturated heterocycles. The molecule has 29 heavy (non-hydrogen) atoms. The molecule has 9 heteroatoms. The van der Waals surface area contributed by atoms with Crippen LogP contribution in [0.25, 0.3) is 0 Å². The fourth-order valence-corrected chi connectivity index (χ4v) is 6.14. The number of aryl methyl sites for hydroxylation is 2. The molecule has 0 aliphatic carbocycles. The van der Waals surface area contributed by atoms with E-state index >= 15 is 0 Å². The number of benzene rings is 2. The normalized spacial score (nSPS) is 16.7. The number of hydrogen-bond donors (Lipinski definition) is 1. The standard InChI is InChI=1S/C20H26N2O5S2/c1-15-4-7-20(14-16(15)2)28(23,24)21-17-10-12-22(13-11-17)29(25,26)19-8-5-18(27-3)6-9-19/h4-9,14,17,21H,10-13H2,1-3H3. The summed E-state index contributed by atoms with van der Waals surface area (Å²) in [6.07, 6.45) is 0.832. The van der Waals surface area contributed by atoms with E-state index in [1.54, 1.807) is 30.3 Å². The second kappa shape index (κ2) is 8.43. The van der Waals surface area contributed by atoms with Crippen molar-refractivity contribution in [2.75, 3.05) is 20.2 Å². The number of piperidine rings is 1. The van der Waals surface area contributed by atoms with Crippen LogP contribution in [-0.2, 0) is 20.0 Å². The SMILES string of the molecule is COc1ccc(S(=O)(=O)N2CCC(NS(=O)(=O)c3ccc(C)c(C)c3)CC2)cc1. The van der Waals surface area contributed by atoms with Crippen molar-refractivity contribution in [3.8, 4) is 5.75 Å². The second-order valence-electron chi connectivity index (χ2n) is 7.22. The first-order valence-corrected chi connectivity index (χ1v) is 12.3. The molecule has 2 aromatic rings. The van der Waals surface area contributed by atoms with Crippen molar-refractivity contribution in [2.24, 2.45) is 0 Å². The lowest BCUT2D eigenvalue weighted by Crippen LogP contribution is -2.46. The minimum absolute atomic E-state index is 0.201. The summed E-state index contributed by atoms with van der Waals surface area (Å²) in [5, 5.41) is 0. The van der Waals surface area contributed by atoms with Crippen molar-refractivity contribution in [3.05, 3.63) is 53.6 Å². The third-order valence-corrected chi connectivity index (χ3v) is 8.69. The molecule has 0 unspecified atom stereocenters. The Kier molecular flexibility index (Phi) is 6.33. The number of hydrogen-bond acceptors (Lipinski definition) is 5. The van der Waals surface area contributed by atoms with E-state index in [4.69, 9.17) is 4.74 Å². The van der Waals surface area contributed by atoms with Crippen LogP contribution in [0.5, 0.6) is 5.75 Å². The number of rotatable bonds is 6. The van der Waals surface area contributed by atoms with E-state index in [1.165, 1.54) is 23.5 Å². The fraction of sp³-hybridized carbons (Fsp3) is 0.400. The van der Waals surface area contributed by atoms with Crippen LogP contribution in [0.3, 0.4) is 0 Å². The molecule has 0 amide bonds. The molecule has 3 rings (SSSR count). The van der Waals surface area contributed by atoms with Crippen LogP contribution >= 0.6 is 0 Å². The highest BCUT2D eigenvalue weighted by molar-refractivity contribution is 7.89. The van der Waals surface area contributed by atoms with Gasteiger partial charge in [0.2, 0.25) is 20.0 Å². The van der Waals surface area contributed by atoms with E-state index in [0.717, 1.165) is 11.1 Å². The van der Waals surface area contributed by atoms with Crippen molar-refractivity contribution in [1.29, 1.82) is 0 Å². The van der Waals surface area contributed by atoms with Crippen molar-refractivity contribution in [3.63, 3.8) is 0 Å². The molecule has 2 aromatic carbocycles. The van der Waals surface area contributed by atoms with Crippen LogP contribution in [0, 0.1) is 13.8 Å². The molecule has 1 N–H and O–H groups in total. The van der Waals surface area contributed by atoms with E-state index in [-0.39, 0.29) is 28.9 Å². The Bertz CT molecular complexity index is 1070. The maximum absolute atomic E-state index is 12.8. The molecule has 7 nitrogen and oxygen atoms in total. The molecule has 0 atom stereocenters. The highest BCUT2D eigenvalue weighted by atomic mass is 32.2. The minimum Gasteiger partial charge on any atom is -0.497 e. The zero-order valence-corrected chi connectivity index (χ0v) is 18.4. The van der Waals surface area contributed by atoms with Gasteiger partial charge in [-0.1, -0.05) is 6.07 Å². The van der Waals surface area contributed by atoms with Gasteiger partial charge in [0.25, 0.3) is 0 Å². The smallest absolute Gasteiger partial charge is 0.243 e. The van der Waals surface area contributed by atoms with Crippen LogP contribution in [0.1, 0.15) is 24.0 Å². The van der Waals surface area contributed by atoms with Crippen LogP contribution in [0.15, 0.2) is 52.3 Å². The Morgan fingerprint density at radius 2 is 1.48 bits per heavy atom. The van der Waals surface area contributed by atoms with Gasteiger partial charge < -0.3 is 4.74 Å². The van der Waals surface area contributed by atoms with E-state index in [9.17, 15) is 16.8 Å². The number of sulfonamides is 2. The molecular weight excluding hydrogens is 412 g/mol. The molecule has 1 heterocycles. The van der Waals surface area contributed by atoms with Gasteiger partial charge in [0.1, 0.15) is 5.75 Å². The van der Waals surface area contributed by atoms with E-state index in [2.05, 4.69) is 4.72 Å². The first kappa shape index (κ1) is 21.8. The number of ether oxygens (including phenoxy) is 1. The van der Waals surface area contributed by atoms with Gasteiger partial charge in [-0.15, -0.1) is 0 Å². The van der Waals surface area contributed by atoms with Crippen LogP contribution in [0.4, 0.5) is 0 Å². The largest absolute Gasteiger partial charge is 0.497 e. The summed E-state index contributed by atoms with van der Waals surface area (Å²) in [6.45, 7) is 4.32. The van der Waals surface area contributed by atoms with Crippen LogP contribution in [-0.4, -0.2) is 47.4 Å². The van der Waals surface area contributed by atoms with Crippen molar-refractivity contribution in [1.82, 2.24) is 9.03 Å². The zero-order chi connectivity index (χ0) is 21.2. The maximum atomic E-state index is 12.8. The molecular formula is C20H26N2O5S2. The van der Waals surface area contributed by atoms with Crippen molar-refractivity contribution >= 4 is 20.0 Å². The summed E-state index contributed by atoms with van der Waals surface area (Å²) in [5.74, 6) is 0.586. The fourth-order valence-electron chi connectivity index (χ4n) is 3.28. The number of methoxy groups -OCH3 is 1. The van der Waals surface area contributed by atoms with Crippen LogP contribution in [0.2, 0.25) is 0 Å². The molecule has 158 valence electrons. The van der Waals surface area contributed by atoms with E-state index in [1.807, 2.05) is 13.8 Å². The first-order valence-electron chi connectivity index (χ1n) is 9.37. The third-order valence-electron chi connectivity index (χ3n) is 5.26. The summed E-state index contributed by atoms with van der Waals surface area (Å²) in [5.41, 5.74) is 1.94. The second-order valence-corrected chi connectivity index (χ2v) is 10.9. The Hall–Kier alpha value is -1.94. The Morgan fingerprint density at radius 1 is 0.897 bits per heavy atom. The van der Waals surface area contributed by atoms with E-state index < -0.39 is 20.0 Å². The van der Waals surface area contributed by atoms with Gasteiger partial charge in [-0.3, -0.25) is 0 Å². The Morgan fingerprint density at radius 3 is 2.03 bits per heavy atom. The maximum Gasteiger partial charge on any atom is 0.243 e. The third kappa shape index (κ3) is 4.80. The quantitative estimate of drug-likeness (QED) is 0.748. The predicted octanol–water partition coefficient (Wildman–Crippen LogP) is 2.44. The number of nitrogens with one attached hydrogen (secondary N) is 1. The minimum atomic E-state index is -3.64. The lowest BCUT2D eigenvalue weighted by molar-refractivity contribution is 0.308. The topological polar surface area (TPSA) is 92.8 Å². The lowest BCUT2D eigenvalue weighted by Gasteiger charge is -2.31. The molecule has 0 saturated carbocycles. The average Bonchev–Trinajstić information content (AvgIpc) is 2.70. The molecule has 0 spiro atoms. The highest BCUT2D eigenvalue weighted by Crippen LogP contribution is 2.24. The molecule has 0 bridgehead atoms. The summed E-state index contributed by atoms with van der Waals surface area (Å²) < 4.78 is 60.2. The summed E-state index contributed by atoms with van der Waals surface area (Å²) >= 11 is 0.